The van der Waals surface area contributed by atoms with E-state index in [0.29, 0.717) is 25.2 Å². The Balaban J connectivity index is 1.96. The molecule has 1 aromatic rings. The van der Waals surface area contributed by atoms with Crippen molar-refractivity contribution in [3.63, 3.8) is 0 Å². The summed E-state index contributed by atoms with van der Waals surface area (Å²) in [5.41, 5.74) is 2.47. The molecule has 90 valence electrons. The third-order valence-electron chi connectivity index (χ3n) is 3.83. The van der Waals surface area contributed by atoms with Gasteiger partial charge in [0.25, 0.3) is 0 Å². The first-order valence-electron chi connectivity index (χ1n) is 6.13. The number of aliphatic hydroxyl groups excluding tert-OH is 1. The van der Waals surface area contributed by atoms with Crippen LogP contribution in [0.4, 0.5) is 0 Å². The molecule has 17 heavy (non-hydrogen) atoms. The van der Waals surface area contributed by atoms with Crippen molar-refractivity contribution in [3.8, 4) is 0 Å². The van der Waals surface area contributed by atoms with Gasteiger partial charge >= 0.3 is 108 Å². The summed E-state index contributed by atoms with van der Waals surface area (Å²) in [6.07, 6.45) is 2.05. The molecule has 0 amide bonds. The van der Waals surface area contributed by atoms with Crippen molar-refractivity contribution in [1.29, 1.82) is 0 Å². The molecule has 0 bridgehead atoms. The third-order valence-corrected chi connectivity index (χ3v) is 7.45. The summed E-state index contributed by atoms with van der Waals surface area (Å²) >= 11 is 0.416. The van der Waals surface area contributed by atoms with Crippen LogP contribution in [0.1, 0.15) is 30.9 Å². The third kappa shape index (κ3) is 1.97. The van der Waals surface area contributed by atoms with Crippen LogP contribution in [-0.2, 0) is 0 Å². The van der Waals surface area contributed by atoms with Crippen LogP contribution in [0.5, 0.6) is 0 Å². The molecule has 1 fully saturated rings. The number of aliphatic hydroxyl groups is 1. The summed E-state index contributed by atoms with van der Waals surface area (Å²) in [4.78, 5) is 4.51. The van der Waals surface area contributed by atoms with Crippen molar-refractivity contribution in [3.05, 3.63) is 35.4 Å². The molecule has 0 radical (unpaired) electrons. The number of hydrogen-bond acceptors (Lipinski definition) is 2. The Labute approximate surface area is 108 Å². The minimum atomic E-state index is -0.497. The van der Waals surface area contributed by atoms with Crippen molar-refractivity contribution in [2.24, 2.45) is 10.9 Å². The van der Waals surface area contributed by atoms with Crippen LogP contribution in [0.15, 0.2) is 29.3 Å². The maximum absolute atomic E-state index is 10.1. The molecule has 0 saturated heterocycles. The molecule has 2 unspecified atom stereocenters. The molecule has 1 aliphatic carbocycles. The molecule has 0 aromatic heterocycles. The van der Waals surface area contributed by atoms with Gasteiger partial charge in [-0.15, -0.1) is 0 Å². The maximum atomic E-state index is 10.1. The van der Waals surface area contributed by atoms with Crippen molar-refractivity contribution in [2.45, 2.75) is 37.2 Å². The van der Waals surface area contributed by atoms with E-state index in [1.54, 1.807) is 0 Å². The number of aryl methyl sites for hydroxylation is 1. The SMILES string of the molecule is Cc1cccc(C2=NC(O)C(C)C3(CC3)[Se]2)c1. The molecule has 1 spiro atoms. The molecule has 1 N–H and O–H groups in total. The Morgan fingerprint density at radius 2 is 2.18 bits per heavy atom. The second-order valence-corrected chi connectivity index (χ2v) is 8.12. The molecular formula is C14H17NOSe. The van der Waals surface area contributed by atoms with Crippen molar-refractivity contribution in [2.75, 3.05) is 0 Å². The average Bonchev–Trinajstić information content (AvgIpc) is 3.06. The van der Waals surface area contributed by atoms with Crippen LogP contribution in [-0.4, -0.2) is 30.9 Å². The van der Waals surface area contributed by atoms with Gasteiger partial charge in [0, 0.05) is 0 Å². The van der Waals surface area contributed by atoms with Crippen molar-refractivity contribution < 1.29 is 5.11 Å². The van der Waals surface area contributed by atoms with E-state index in [2.05, 4.69) is 43.1 Å². The summed E-state index contributed by atoms with van der Waals surface area (Å²) in [6, 6.07) is 8.48. The molecule has 3 heteroatoms. The quantitative estimate of drug-likeness (QED) is 0.792. The topological polar surface area (TPSA) is 32.6 Å². The Morgan fingerprint density at radius 1 is 1.41 bits per heavy atom. The normalized spacial score (nSPS) is 30.2. The molecule has 1 aromatic carbocycles. The van der Waals surface area contributed by atoms with E-state index in [1.807, 2.05) is 0 Å². The zero-order valence-electron chi connectivity index (χ0n) is 10.2. The first kappa shape index (κ1) is 11.5. The van der Waals surface area contributed by atoms with Crippen LogP contribution in [0.3, 0.4) is 0 Å². The number of nitrogens with zero attached hydrogens (tertiary/aromatic N) is 1. The summed E-state index contributed by atoms with van der Waals surface area (Å²) in [7, 11) is 0. The first-order valence-corrected chi connectivity index (χ1v) is 7.84. The van der Waals surface area contributed by atoms with Gasteiger partial charge in [0.15, 0.2) is 0 Å². The summed E-state index contributed by atoms with van der Waals surface area (Å²) < 4.78 is 1.57. The van der Waals surface area contributed by atoms with E-state index in [-0.39, 0.29) is 0 Å². The van der Waals surface area contributed by atoms with Crippen molar-refractivity contribution in [1.82, 2.24) is 0 Å². The van der Waals surface area contributed by atoms with Crippen LogP contribution in [0.25, 0.3) is 0 Å². The van der Waals surface area contributed by atoms with Crippen LogP contribution in [0, 0.1) is 12.8 Å². The van der Waals surface area contributed by atoms with E-state index >= 15 is 0 Å². The Hall–Kier alpha value is -0.631. The zero-order valence-corrected chi connectivity index (χ0v) is 11.9. The molecule has 1 aliphatic heterocycles. The second-order valence-electron chi connectivity index (χ2n) is 5.17. The molecule has 2 aliphatic rings. The number of benzene rings is 1. The number of rotatable bonds is 1. The Morgan fingerprint density at radius 3 is 2.82 bits per heavy atom. The predicted molar refractivity (Wildman–Crippen MR) is 70.6 cm³/mol. The fourth-order valence-corrected chi connectivity index (χ4v) is 5.35. The van der Waals surface area contributed by atoms with Gasteiger partial charge in [-0.3, -0.25) is 0 Å². The first-order chi connectivity index (χ1) is 8.11. The molecular weight excluding hydrogens is 277 g/mol. The van der Waals surface area contributed by atoms with E-state index in [9.17, 15) is 5.11 Å². The fourth-order valence-electron chi connectivity index (χ4n) is 2.41. The van der Waals surface area contributed by atoms with Gasteiger partial charge in [-0.05, 0) is 0 Å². The van der Waals surface area contributed by atoms with Gasteiger partial charge in [0.05, 0.1) is 0 Å². The van der Waals surface area contributed by atoms with E-state index in [0.717, 1.165) is 4.61 Å². The minimum absolute atomic E-state index is 0.344. The van der Waals surface area contributed by atoms with Crippen LogP contribution in [0.2, 0.25) is 4.31 Å². The van der Waals surface area contributed by atoms with Crippen LogP contribution < -0.4 is 0 Å². The summed E-state index contributed by atoms with van der Waals surface area (Å²) in [6.45, 7) is 4.25. The molecule has 2 nitrogen and oxygen atoms in total. The molecule has 1 heterocycles. The van der Waals surface area contributed by atoms with E-state index in [4.69, 9.17) is 0 Å². The number of aliphatic imine (C=N–C) groups is 1. The Bertz CT molecular complexity index is 479. The van der Waals surface area contributed by atoms with Crippen molar-refractivity contribution >= 4 is 19.6 Å². The Kier molecular flexibility index (Phi) is 2.66. The molecule has 1 saturated carbocycles. The van der Waals surface area contributed by atoms with Gasteiger partial charge in [-0.25, -0.2) is 0 Å². The van der Waals surface area contributed by atoms with Gasteiger partial charge in [-0.1, -0.05) is 0 Å². The zero-order chi connectivity index (χ0) is 12.0. The standard InChI is InChI=1S/C14H17NOSe/c1-9-4-3-5-11(8-9)13-15-12(16)10(2)14(17-13)6-7-14/h3-5,8,10,12,16H,6-7H2,1-2H3. The van der Waals surface area contributed by atoms with Gasteiger partial charge in [-0.2, -0.15) is 0 Å². The van der Waals surface area contributed by atoms with Crippen LogP contribution >= 0.6 is 0 Å². The number of hydrogen-bond donors (Lipinski definition) is 1. The second kappa shape index (κ2) is 3.94. The fraction of sp³-hybridized carbons (Fsp3) is 0.500. The van der Waals surface area contributed by atoms with Gasteiger partial charge in [0.2, 0.25) is 0 Å². The van der Waals surface area contributed by atoms with E-state index in [1.165, 1.54) is 24.0 Å². The monoisotopic (exact) mass is 295 g/mol. The average molecular weight is 294 g/mol. The summed E-state index contributed by atoms with van der Waals surface area (Å²) in [5, 5.41) is 10.1. The summed E-state index contributed by atoms with van der Waals surface area (Å²) in [5.74, 6) is 0.344. The predicted octanol–water partition coefficient (Wildman–Crippen LogP) is 2.37. The van der Waals surface area contributed by atoms with Gasteiger partial charge < -0.3 is 0 Å². The van der Waals surface area contributed by atoms with E-state index < -0.39 is 6.23 Å². The molecule has 3 rings (SSSR count). The van der Waals surface area contributed by atoms with Gasteiger partial charge in [0.1, 0.15) is 0 Å². The molecule has 2 atom stereocenters.